The van der Waals surface area contributed by atoms with Crippen LogP contribution in [0.2, 0.25) is 0 Å². The molecule has 1 saturated heterocycles. The van der Waals surface area contributed by atoms with Gasteiger partial charge in [0, 0.05) is 79.8 Å². The van der Waals surface area contributed by atoms with Crippen LogP contribution in [0.5, 0.6) is 0 Å². The molecule has 0 spiro atoms. The van der Waals surface area contributed by atoms with Crippen molar-refractivity contribution in [1.82, 2.24) is 24.8 Å². The normalized spacial score (nSPS) is 20.3. The molecule has 2 aromatic carbocycles. The first-order valence-corrected chi connectivity index (χ1v) is 15.7. The highest BCUT2D eigenvalue weighted by molar-refractivity contribution is 5.99. The third-order valence-corrected chi connectivity index (χ3v) is 8.82. The SMILES string of the molecule is COO[C@@]1(C(=O)Nc2ccc3c(c2)C(=C2C=CN(O)C=C2)N=N3)CCN(CC(=O)N2CC=C(c3ccc(-c4ncccn4)cc3)CC2)C1. The Morgan fingerprint density at radius 1 is 1.00 bits per heavy atom. The number of fused-ring (bicyclic) bond motifs is 1. The number of likely N-dealkylation sites (tertiary alicyclic amines) is 1. The first-order valence-electron chi connectivity index (χ1n) is 15.7. The fourth-order valence-corrected chi connectivity index (χ4v) is 6.26. The number of hydrogen-bond donors (Lipinski definition) is 2. The maximum absolute atomic E-state index is 13.7. The fraction of sp³-hybridized carbons (Fsp3) is 0.257. The van der Waals surface area contributed by atoms with Crippen LogP contribution in [-0.2, 0) is 19.4 Å². The number of rotatable bonds is 8. The molecule has 5 heterocycles. The van der Waals surface area contributed by atoms with Crippen LogP contribution in [0.25, 0.3) is 22.7 Å². The third-order valence-electron chi connectivity index (χ3n) is 8.82. The van der Waals surface area contributed by atoms with Crippen molar-refractivity contribution < 1.29 is 24.6 Å². The predicted octanol–water partition coefficient (Wildman–Crippen LogP) is 4.96. The number of aromatic nitrogens is 2. The Balaban J connectivity index is 0.966. The van der Waals surface area contributed by atoms with Crippen LogP contribution in [0.1, 0.15) is 24.0 Å². The molecule has 0 radical (unpaired) electrons. The molecule has 48 heavy (non-hydrogen) atoms. The zero-order chi connectivity index (χ0) is 33.1. The maximum atomic E-state index is 13.7. The van der Waals surface area contributed by atoms with Crippen molar-refractivity contribution in [3.63, 3.8) is 0 Å². The molecule has 4 aliphatic rings. The van der Waals surface area contributed by atoms with Crippen molar-refractivity contribution in [2.75, 3.05) is 45.2 Å². The van der Waals surface area contributed by atoms with E-state index in [4.69, 9.17) is 9.78 Å². The zero-order valence-electron chi connectivity index (χ0n) is 26.3. The molecule has 1 fully saturated rings. The number of azo groups is 1. The maximum Gasteiger partial charge on any atom is 0.261 e. The molecule has 7 rings (SSSR count). The molecule has 2 N–H and O–H groups in total. The van der Waals surface area contributed by atoms with E-state index in [9.17, 15) is 14.8 Å². The van der Waals surface area contributed by atoms with Crippen LogP contribution < -0.4 is 5.32 Å². The van der Waals surface area contributed by atoms with Crippen molar-refractivity contribution in [2.45, 2.75) is 18.4 Å². The van der Waals surface area contributed by atoms with Crippen LogP contribution in [0.4, 0.5) is 11.4 Å². The molecule has 1 aromatic heterocycles. The summed E-state index contributed by atoms with van der Waals surface area (Å²) in [6.07, 6.45) is 13.1. The van der Waals surface area contributed by atoms with Gasteiger partial charge in [0.15, 0.2) is 11.4 Å². The van der Waals surface area contributed by atoms with Gasteiger partial charge in [0.25, 0.3) is 5.91 Å². The van der Waals surface area contributed by atoms with Gasteiger partial charge in [-0.15, -0.1) is 10.2 Å². The average Bonchev–Trinajstić information content (AvgIpc) is 3.74. The van der Waals surface area contributed by atoms with Crippen LogP contribution in [0, 0.1) is 0 Å². The van der Waals surface area contributed by atoms with E-state index in [0.29, 0.717) is 49.0 Å². The largest absolute Gasteiger partial charge is 0.338 e. The average molecular weight is 647 g/mol. The summed E-state index contributed by atoms with van der Waals surface area (Å²) in [6, 6.07) is 15.3. The van der Waals surface area contributed by atoms with Gasteiger partial charge in [0.1, 0.15) is 5.70 Å². The summed E-state index contributed by atoms with van der Waals surface area (Å²) >= 11 is 0. The Morgan fingerprint density at radius 3 is 2.50 bits per heavy atom. The summed E-state index contributed by atoms with van der Waals surface area (Å²) < 4.78 is 0. The number of carbonyl (C=O) groups is 2. The molecule has 0 bridgehead atoms. The smallest absolute Gasteiger partial charge is 0.261 e. The number of carbonyl (C=O) groups excluding carboxylic acids is 2. The summed E-state index contributed by atoms with van der Waals surface area (Å²) in [5.74, 6) is 0.314. The molecule has 3 aromatic rings. The Labute approximate surface area is 277 Å². The third kappa shape index (κ3) is 6.44. The number of nitrogens with one attached hydrogen (secondary N) is 1. The minimum atomic E-state index is -1.30. The standard InChI is InChI=1S/C35H34N8O5/c1-47-48-35(34(45)38-28-7-8-30-29(21-28)32(40-39-30)26-11-18-43(46)19-12-26)13-20-41(23-35)22-31(44)42-16-9-25(10-17-42)24-3-5-27(6-4-24)33-36-14-2-15-37-33/h2-9,11-12,14-15,18-19,21,46H,10,13,16-17,20,22-23H2,1H3,(H,38,45)/t35-/m0/s1. The van der Waals surface area contributed by atoms with E-state index in [1.807, 2.05) is 28.0 Å². The Morgan fingerprint density at radius 2 is 1.77 bits per heavy atom. The molecule has 1 atom stereocenters. The first kappa shape index (κ1) is 31.3. The van der Waals surface area contributed by atoms with Gasteiger partial charge in [-0.2, -0.15) is 0 Å². The number of benzene rings is 2. The van der Waals surface area contributed by atoms with E-state index in [0.717, 1.165) is 33.7 Å². The molecule has 0 saturated carbocycles. The molecule has 2 amide bonds. The number of nitrogens with zero attached hydrogens (tertiary/aromatic N) is 7. The van der Waals surface area contributed by atoms with E-state index >= 15 is 0 Å². The van der Waals surface area contributed by atoms with Crippen molar-refractivity contribution in [2.24, 2.45) is 10.2 Å². The summed E-state index contributed by atoms with van der Waals surface area (Å²) in [7, 11) is 1.37. The number of anilines is 1. The van der Waals surface area contributed by atoms with Crippen molar-refractivity contribution in [3.05, 3.63) is 108 Å². The molecule has 0 unspecified atom stereocenters. The highest BCUT2D eigenvalue weighted by Crippen LogP contribution is 2.40. The van der Waals surface area contributed by atoms with Gasteiger partial charge < -0.3 is 10.2 Å². The van der Waals surface area contributed by atoms with Gasteiger partial charge in [-0.3, -0.25) is 19.7 Å². The lowest BCUT2D eigenvalue weighted by atomic mass is 9.98. The molecule has 244 valence electrons. The number of allylic oxidation sites excluding steroid dienone is 3. The molecule has 13 heteroatoms. The molecular formula is C35H34N8O5. The van der Waals surface area contributed by atoms with Gasteiger partial charge >= 0.3 is 0 Å². The second-order valence-corrected chi connectivity index (χ2v) is 11.9. The molecule has 0 aliphatic carbocycles. The fourth-order valence-electron chi connectivity index (χ4n) is 6.26. The minimum absolute atomic E-state index is 0.00248. The molecular weight excluding hydrogens is 612 g/mol. The lowest BCUT2D eigenvalue weighted by Crippen LogP contribution is -2.49. The van der Waals surface area contributed by atoms with Gasteiger partial charge in [-0.25, -0.2) is 24.8 Å². The molecule has 4 aliphatic heterocycles. The second kappa shape index (κ2) is 13.4. The van der Waals surface area contributed by atoms with Crippen LogP contribution in [0.3, 0.4) is 0 Å². The Hall–Kier alpha value is -5.34. The lowest BCUT2D eigenvalue weighted by Gasteiger charge is -2.29. The van der Waals surface area contributed by atoms with Crippen LogP contribution in [0.15, 0.2) is 107 Å². The van der Waals surface area contributed by atoms with Gasteiger partial charge in [-0.1, -0.05) is 30.3 Å². The van der Waals surface area contributed by atoms with Crippen LogP contribution >= 0.6 is 0 Å². The topological polar surface area (TPSA) is 145 Å². The molecule has 13 nitrogen and oxygen atoms in total. The van der Waals surface area contributed by atoms with Gasteiger partial charge in [-0.05, 0) is 54.0 Å². The minimum Gasteiger partial charge on any atom is -0.338 e. The zero-order valence-corrected chi connectivity index (χ0v) is 26.3. The number of amides is 2. The van der Waals surface area contributed by atoms with E-state index < -0.39 is 5.60 Å². The second-order valence-electron chi connectivity index (χ2n) is 11.9. The summed E-state index contributed by atoms with van der Waals surface area (Å²) in [4.78, 5) is 50.1. The quantitative estimate of drug-likeness (QED) is 0.256. The Kier molecular flexibility index (Phi) is 8.74. The highest BCUT2D eigenvalue weighted by atomic mass is 17.2. The number of hydrogen-bond acceptors (Lipinski definition) is 11. The first-order chi connectivity index (χ1) is 23.4. The van der Waals surface area contributed by atoms with Crippen molar-refractivity contribution >= 4 is 34.5 Å². The van der Waals surface area contributed by atoms with Gasteiger partial charge in [0.05, 0.1) is 19.3 Å². The van der Waals surface area contributed by atoms with Crippen molar-refractivity contribution in [3.8, 4) is 11.4 Å². The van der Waals surface area contributed by atoms with Crippen LogP contribution in [-0.4, -0.2) is 87.3 Å². The highest BCUT2D eigenvalue weighted by Gasteiger charge is 2.48. The van der Waals surface area contributed by atoms with E-state index in [1.54, 1.807) is 42.7 Å². The summed E-state index contributed by atoms with van der Waals surface area (Å²) in [6.45, 7) is 1.99. The number of hydroxylamine groups is 2. The predicted molar refractivity (Wildman–Crippen MR) is 177 cm³/mol. The summed E-state index contributed by atoms with van der Waals surface area (Å²) in [5, 5.41) is 22.0. The van der Waals surface area contributed by atoms with E-state index in [-0.39, 0.29) is 24.9 Å². The monoisotopic (exact) mass is 646 g/mol. The van der Waals surface area contributed by atoms with E-state index in [2.05, 4.69) is 43.7 Å². The summed E-state index contributed by atoms with van der Waals surface area (Å²) in [5.41, 5.74) is 5.35. The van der Waals surface area contributed by atoms with E-state index in [1.165, 1.54) is 25.1 Å². The van der Waals surface area contributed by atoms with Gasteiger partial charge in [0.2, 0.25) is 5.91 Å². The Bertz CT molecular complexity index is 1860. The lowest BCUT2D eigenvalue weighted by molar-refractivity contribution is -0.328. The van der Waals surface area contributed by atoms with Crippen molar-refractivity contribution in [1.29, 1.82) is 0 Å².